The highest BCUT2D eigenvalue weighted by Crippen LogP contribution is 2.32. The number of nitrogens with one attached hydrogen (secondary N) is 1. The number of amides is 1. The smallest absolute Gasteiger partial charge is 0.251 e. The number of sulfonamides is 1. The maximum Gasteiger partial charge on any atom is 0.251 e. The van der Waals surface area contributed by atoms with Gasteiger partial charge in [0.15, 0.2) is 11.5 Å². The third kappa shape index (κ3) is 4.29. The molecule has 0 saturated carbocycles. The molecule has 0 unspecified atom stereocenters. The number of rotatable bonds is 6. The number of fused-ring (bicyclic) bond motifs is 1. The molecule has 0 bridgehead atoms. The first kappa shape index (κ1) is 20.7. The summed E-state index contributed by atoms with van der Waals surface area (Å²) in [5.41, 5.74) is 2.02. The maximum atomic E-state index is 13.0. The summed E-state index contributed by atoms with van der Waals surface area (Å²) in [6, 6.07) is 10.6. The molecule has 2 aliphatic rings. The molecule has 1 saturated heterocycles. The Balaban J connectivity index is 1.42. The second-order valence-electron chi connectivity index (χ2n) is 7.64. The summed E-state index contributed by atoms with van der Waals surface area (Å²) < 4.78 is 38.3. The van der Waals surface area contributed by atoms with Crippen LogP contribution in [0, 0.1) is 6.92 Å². The summed E-state index contributed by atoms with van der Waals surface area (Å²) >= 11 is 0. The number of benzene rings is 2. The minimum atomic E-state index is -3.59. The molecule has 0 atom stereocenters. The second kappa shape index (κ2) is 8.65. The summed E-state index contributed by atoms with van der Waals surface area (Å²) in [6.45, 7) is 3.49. The Hall–Kier alpha value is -2.58. The molecule has 7 nitrogen and oxygen atoms in total. The van der Waals surface area contributed by atoms with Crippen LogP contribution in [0.4, 0.5) is 0 Å². The van der Waals surface area contributed by atoms with E-state index in [1.54, 1.807) is 19.1 Å². The Morgan fingerprint density at radius 1 is 1.03 bits per heavy atom. The van der Waals surface area contributed by atoms with Crippen molar-refractivity contribution in [1.29, 1.82) is 0 Å². The summed E-state index contributed by atoms with van der Waals surface area (Å²) in [4.78, 5) is 12.8. The zero-order valence-electron chi connectivity index (χ0n) is 17.0. The third-order valence-electron chi connectivity index (χ3n) is 5.52. The molecule has 0 aromatic heterocycles. The van der Waals surface area contributed by atoms with Gasteiger partial charge >= 0.3 is 0 Å². The van der Waals surface area contributed by atoms with Gasteiger partial charge < -0.3 is 14.8 Å². The molecule has 2 heterocycles. The van der Waals surface area contributed by atoms with Crippen LogP contribution in [0.1, 0.15) is 40.7 Å². The quantitative estimate of drug-likeness (QED) is 0.762. The zero-order chi connectivity index (χ0) is 21.1. The molecule has 1 N–H and O–H groups in total. The lowest BCUT2D eigenvalue weighted by atomic mass is 10.1. The molecule has 2 aliphatic heterocycles. The Kier molecular flexibility index (Phi) is 5.97. The Morgan fingerprint density at radius 2 is 1.80 bits per heavy atom. The van der Waals surface area contributed by atoms with Crippen molar-refractivity contribution in [1.82, 2.24) is 9.62 Å². The molecule has 160 valence electrons. The van der Waals surface area contributed by atoms with E-state index in [9.17, 15) is 13.2 Å². The van der Waals surface area contributed by atoms with Gasteiger partial charge in [-0.1, -0.05) is 18.6 Å². The van der Waals surface area contributed by atoms with Crippen molar-refractivity contribution in [3.05, 3.63) is 53.1 Å². The lowest BCUT2D eigenvalue weighted by Gasteiger charge is -2.26. The van der Waals surface area contributed by atoms with Crippen LogP contribution in [0.3, 0.4) is 0 Å². The SMILES string of the molecule is Cc1ccc(C(=O)NCCc2ccc3c(c2)OCO3)cc1S(=O)(=O)N1CCCCC1. The van der Waals surface area contributed by atoms with Gasteiger partial charge in [-0.05, 0) is 61.6 Å². The number of ether oxygens (including phenoxy) is 2. The van der Waals surface area contributed by atoms with E-state index in [1.165, 1.54) is 10.4 Å². The molecule has 0 radical (unpaired) electrons. The first-order valence-corrected chi connectivity index (χ1v) is 11.7. The maximum absolute atomic E-state index is 13.0. The fraction of sp³-hybridized carbons (Fsp3) is 0.409. The average molecular weight is 431 g/mol. The van der Waals surface area contributed by atoms with Crippen LogP contribution in [-0.4, -0.2) is 45.1 Å². The first-order valence-electron chi connectivity index (χ1n) is 10.2. The molecular formula is C22H26N2O5S. The Morgan fingerprint density at radius 3 is 2.60 bits per heavy atom. The van der Waals surface area contributed by atoms with Crippen molar-refractivity contribution in [3.8, 4) is 11.5 Å². The van der Waals surface area contributed by atoms with E-state index in [4.69, 9.17) is 9.47 Å². The number of nitrogens with zero attached hydrogens (tertiary/aromatic N) is 1. The fourth-order valence-corrected chi connectivity index (χ4v) is 5.55. The Bertz CT molecular complexity index is 1050. The minimum absolute atomic E-state index is 0.216. The van der Waals surface area contributed by atoms with E-state index in [-0.39, 0.29) is 17.6 Å². The molecule has 0 aliphatic carbocycles. The second-order valence-corrected chi connectivity index (χ2v) is 9.54. The van der Waals surface area contributed by atoms with Crippen LogP contribution >= 0.6 is 0 Å². The fourth-order valence-electron chi connectivity index (χ4n) is 3.78. The first-order chi connectivity index (χ1) is 14.4. The normalized spacial score (nSPS) is 16.4. The molecule has 1 amide bonds. The number of aryl methyl sites for hydroxylation is 1. The molecule has 2 aromatic carbocycles. The van der Waals surface area contributed by atoms with Crippen LogP contribution in [-0.2, 0) is 16.4 Å². The topological polar surface area (TPSA) is 84.9 Å². The highest BCUT2D eigenvalue weighted by Gasteiger charge is 2.28. The van der Waals surface area contributed by atoms with E-state index in [0.717, 1.165) is 30.6 Å². The number of carbonyl (C=O) groups excluding carboxylic acids is 1. The molecule has 2 aromatic rings. The lowest BCUT2D eigenvalue weighted by Crippen LogP contribution is -2.36. The largest absolute Gasteiger partial charge is 0.454 e. The van der Waals surface area contributed by atoms with Crippen LogP contribution in [0.25, 0.3) is 0 Å². The van der Waals surface area contributed by atoms with Crippen LogP contribution in [0.2, 0.25) is 0 Å². The van der Waals surface area contributed by atoms with Gasteiger partial charge in [0.2, 0.25) is 16.8 Å². The van der Waals surface area contributed by atoms with Crippen molar-refractivity contribution < 1.29 is 22.7 Å². The summed E-state index contributed by atoms with van der Waals surface area (Å²) in [5.74, 6) is 1.15. The number of hydrogen-bond donors (Lipinski definition) is 1. The number of hydrogen-bond acceptors (Lipinski definition) is 5. The van der Waals surface area contributed by atoms with Crippen LogP contribution < -0.4 is 14.8 Å². The Labute approximate surface area is 177 Å². The summed E-state index contributed by atoms with van der Waals surface area (Å²) in [6.07, 6.45) is 3.43. The predicted molar refractivity (Wildman–Crippen MR) is 112 cm³/mol. The van der Waals surface area contributed by atoms with Gasteiger partial charge in [0.1, 0.15) is 0 Å². The van der Waals surface area contributed by atoms with Crippen molar-refractivity contribution >= 4 is 15.9 Å². The predicted octanol–water partition coefficient (Wildman–Crippen LogP) is 2.87. The molecule has 0 spiro atoms. The summed E-state index contributed by atoms with van der Waals surface area (Å²) in [7, 11) is -3.59. The van der Waals surface area contributed by atoms with Gasteiger partial charge in [-0.25, -0.2) is 8.42 Å². The zero-order valence-corrected chi connectivity index (χ0v) is 17.8. The molecule has 4 rings (SSSR count). The highest BCUT2D eigenvalue weighted by molar-refractivity contribution is 7.89. The van der Waals surface area contributed by atoms with Gasteiger partial charge in [-0.3, -0.25) is 4.79 Å². The van der Waals surface area contributed by atoms with Gasteiger partial charge in [0.05, 0.1) is 4.90 Å². The van der Waals surface area contributed by atoms with Gasteiger partial charge in [0, 0.05) is 25.2 Å². The van der Waals surface area contributed by atoms with E-state index >= 15 is 0 Å². The molecule has 8 heteroatoms. The van der Waals surface area contributed by atoms with Crippen molar-refractivity contribution in [2.45, 2.75) is 37.5 Å². The van der Waals surface area contributed by atoms with Gasteiger partial charge in [-0.15, -0.1) is 0 Å². The van der Waals surface area contributed by atoms with Gasteiger partial charge in [0.25, 0.3) is 5.91 Å². The molecular weight excluding hydrogens is 404 g/mol. The molecule has 30 heavy (non-hydrogen) atoms. The van der Waals surface area contributed by atoms with Crippen molar-refractivity contribution in [2.24, 2.45) is 0 Å². The highest BCUT2D eigenvalue weighted by atomic mass is 32.2. The van der Waals surface area contributed by atoms with Crippen LogP contribution in [0.5, 0.6) is 11.5 Å². The van der Waals surface area contributed by atoms with Crippen LogP contribution in [0.15, 0.2) is 41.3 Å². The van der Waals surface area contributed by atoms with Crippen molar-refractivity contribution in [2.75, 3.05) is 26.4 Å². The minimum Gasteiger partial charge on any atom is -0.454 e. The number of piperidine rings is 1. The van der Waals surface area contributed by atoms with E-state index < -0.39 is 10.0 Å². The standard InChI is InChI=1S/C22H26N2O5S/c1-16-5-7-18(14-21(16)30(26,27)24-11-3-2-4-12-24)22(25)23-10-9-17-6-8-19-20(13-17)29-15-28-19/h5-8,13-14H,2-4,9-12,15H2,1H3,(H,23,25). The number of carbonyl (C=O) groups is 1. The van der Waals surface area contributed by atoms with Gasteiger partial charge in [-0.2, -0.15) is 4.31 Å². The van der Waals surface area contributed by atoms with E-state index in [0.29, 0.717) is 42.9 Å². The third-order valence-corrected chi connectivity index (χ3v) is 7.56. The summed E-state index contributed by atoms with van der Waals surface area (Å²) in [5, 5.41) is 2.87. The molecule has 1 fully saturated rings. The lowest BCUT2D eigenvalue weighted by molar-refractivity contribution is 0.0954. The monoisotopic (exact) mass is 430 g/mol. The average Bonchev–Trinajstić information content (AvgIpc) is 3.22. The van der Waals surface area contributed by atoms with Crippen molar-refractivity contribution in [3.63, 3.8) is 0 Å². The van der Waals surface area contributed by atoms with E-state index in [2.05, 4.69) is 5.32 Å². The van der Waals surface area contributed by atoms with E-state index in [1.807, 2.05) is 18.2 Å².